The summed E-state index contributed by atoms with van der Waals surface area (Å²) in [5, 5.41) is 0. The Morgan fingerprint density at radius 2 is 2.07 bits per heavy atom. The van der Waals surface area contributed by atoms with Crippen molar-refractivity contribution in [3.8, 4) is 0 Å². The average molecular weight is 250 g/mol. The summed E-state index contributed by atoms with van der Waals surface area (Å²) in [6, 6.07) is 3.57. The second-order valence-electron chi connectivity index (χ2n) is 2.76. The minimum Gasteiger partial charge on any atom is -0.380 e. The van der Waals surface area contributed by atoms with Gasteiger partial charge in [-0.3, -0.25) is 0 Å². The van der Waals surface area contributed by atoms with Gasteiger partial charge in [-0.1, -0.05) is 0 Å². The fraction of sp³-hybridized carbons (Fsp3) is 0.400. The normalized spacial score (nSPS) is 10.6. The van der Waals surface area contributed by atoms with Crippen LogP contribution < -0.4 is 0 Å². The van der Waals surface area contributed by atoms with Crippen LogP contribution in [-0.2, 0) is 4.74 Å². The van der Waals surface area contributed by atoms with Crippen LogP contribution in [0.25, 0.3) is 0 Å². The third-order valence-electron chi connectivity index (χ3n) is 1.61. The molecule has 0 aliphatic rings. The van der Waals surface area contributed by atoms with Crippen molar-refractivity contribution in [3.05, 3.63) is 29.8 Å². The molecule has 0 fully saturated rings. The molecule has 15 heavy (non-hydrogen) atoms. The Kier molecular flexibility index (Phi) is 6.05. The first kappa shape index (κ1) is 12.8. The highest BCUT2D eigenvalue weighted by molar-refractivity contribution is 7.99. The van der Waals surface area contributed by atoms with E-state index in [4.69, 9.17) is 4.74 Å². The lowest BCUT2D eigenvalue weighted by Crippen LogP contribution is -2.00. The van der Waals surface area contributed by atoms with Gasteiger partial charge in [-0.2, -0.15) is 12.6 Å². The maximum absolute atomic E-state index is 13.1. The van der Waals surface area contributed by atoms with E-state index in [0.717, 1.165) is 6.07 Å². The Labute approximate surface area is 97.6 Å². The lowest BCUT2D eigenvalue weighted by Gasteiger charge is -2.03. The summed E-state index contributed by atoms with van der Waals surface area (Å²) in [6.45, 7) is 1.14. The first-order valence-electron chi connectivity index (χ1n) is 4.50. The molecule has 1 aromatic rings. The van der Waals surface area contributed by atoms with Crippen LogP contribution in [0.3, 0.4) is 0 Å². The van der Waals surface area contributed by atoms with Gasteiger partial charge in [0.25, 0.3) is 0 Å². The van der Waals surface area contributed by atoms with Crippen LogP contribution in [0.15, 0.2) is 23.1 Å². The molecule has 5 heteroatoms. The third-order valence-corrected chi connectivity index (χ3v) is 2.81. The second kappa shape index (κ2) is 7.09. The van der Waals surface area contributed by atoms with E-state index in [1.54, 1.807) is 0 Å². The molecular weight excluding hydrogens is 238 g/mol. The number of rotatable bonds is 6. The van der Waals surface area contributed by atoms with Crippen molar-refractivity contribution in [3.63, 3.8) is 0 Å². The molecule has 1 rings (SSSR count). The summed E-state index contributed by atoms with van der Waals surface area (Å²) in [4.78, 5) is 0.450. The Bertz CT molecular complexity index is 307. The van der Waals surface area contributed by atoms with Crippen LogP contribution >= 0.6 is 24.4 Å². The van der Waals surface area contributed by atoms with Crippen molar-refractivity contribution >= 4 is 24.4 Å². The summed E-state index contributed by atoms with van der Waals surface area (Å²) in [7, 11) is 0. The molecule has 0 saturated heterocycles. The molecule has 1 nitrogen and oxygen atoms in total. The summed E-state index contributed by atoms with van der Waals surface area (Å²) in [6.07, 6.45) is 0. The minimum absolute atomic E-state index is 0.450. The zero-order valence-electron chi connectivity index (χ0n) is 8.08. The summed E-state index contributed by atoms with van der Waals surface area (Å²) in [5.41, 5.74) is 0. The Hall–Kier alpha value is -0.260. The SMILES string of the molecule is Fc1ccc(SCCOCCS)c(F)c1. The molecule has 84 valence electrons. The molecular formula is C10H12F2OS2. The molecule has 0 heterocycles. The molecule has 0 saturated carbocycles. The summed E-state index contributed by atoms with van der Waals surface area (Å²) >= 11 is 5.30. The van der Waals surface area contributed by atoms with E-state index in [1.165, 1.54) is 23.9 Å². The molecule has 0 N–H and O–H groups in total. The van der Waals surface area contributed by atoms with Crippen molar-refractivity contribution in [2.24, 2.45) is 0 Å². The van der Waals surface area contributed by atoms with Gasteiger partial charge in [0, 0.05) is 22.5 Å². The molecule has 0 unspecified atom stereocenters. The lowest BCUT2D eigenvalue weighted by atomic mass is 10.3. The molecule has 0 radical (unpaired) electrons. The topological polar surface area (TPSA) is 9.23 Å². The average Bonchev–Trinajstić information content (AvgIpc) is 2.20. The van der Waals surface area contributed by atoms with E-state index in [0.29, 0.717) is 29.6 Å². The first-order valence-corrected chi connectivity index (χ1v) is 6.12. The highest BCUT2D eigenvalue weighted by Crippen LogP contribution is 2.21. The van der Waals surface area contributed by atoms with Crippen molar-refractivity contribution in [2.75, 3.05) is 24.7 Å². The Morgan fingerprint density at radius 1 is 1.27 bits per heavy atom. The second-order valence-corrected chi connectivity index (χ2v) is 4.34. The van der Waals surface area contributed by atoms with Crippen molar-refractivity contribution in [2.45, 2.75) is 4.90 Å². The summed E-state index contributed by atoms with van der Waals surface area (Å²) < 4.78 is 30.8. The number of benzene rings is 1. The van der Waals surface area contributed by atoms with Crippen LogP contribution in [0.5, 0.6) is 0 Å². The van der Waals surface area contributed by atoms with E-state index in [2.05, 4.69) is 12.6 Å². The number of ether oxygens (including phenoxy) is 1. The zero-order valence-corrected chi connectivity index (χ0v) is 9.79. The monoisotopic (exact) mass is 250 g/mol. The number of thiol groups is 1. The van der Waals surface area contributed by atoms with E-state index >= 15 is 0 Å². The van der Waals surface area contributed by atoms with Gasteiger partial charge in [-0.25, -0.2) is 8.78 Å². The molecule has 0 aromatic heterocycles. The van der Waals surface area contributed by atoms with Crippen molar-refractivity contribution < 1.29 is 13.5 Å². The minimum atomic E-state index is -0.553. The van der Waals surface area contributed by atoms with Crippen LogP contribution in [0.1, 0.15) is 0 Å². The van der Waals surface area contributed by atoms with Gasteiger partial charge in [-0.15, -0.1) is 11.8 Å². The highest BCUT2D eigenvalue weighted by Gasteiger charge is 2.03. The zero-order chi connectivity index (χ0) is 11.1. The molecule has 0 atom stereocenters. The molecule has 0 bridgehead atoms. The van der Waals surface area contributed by atoms with E-state index in [1.807, 2.05) is 0 Å². The Morgan fingerprint density at radius 3 is 2.73 bits per heavy atom. The largest absolute Gasteiger partial charge is 0.380 e. The van der Waals surface area contributed by atoms with Gasteiger partial charge in [0.15, 0.2) is 0 Å². The number of hydrogen-bond acceptors (Lipinski definition) is 3. The maximum atomic E-state index is 13.1. The van der Waals surface area contributed by atoms with Crippen LogP contribution in [0.4, 0.5) is 8.78 Å². The molecule has 0 spiro atoms. The van der Waals surface area contributed by atoms with Gasteiger partial charge < -0.3 is 4.74 Å². The van der Waals surface area contributed by atoms with Crippen LogP contribution in [-0.4, -0.2) is 24.7 Å². The van der Waals surface area contributed by atoms with Crippen molar-refractivity contribution in [1.29, 1.82) is 0 Å². The Balaban J connectivity index is 2.31. The van der Waals surface area contributed by atoms with E-state index in [9.17, 15) is 8.78 Å². The first-order chi connectivity index (χ1) is 7.24. The van der Waals surface area contributed by atoms with Gasteiger partial charge in [-0.05, 0) is 12.1 Å². The fourth-order valence-electron chi connectivity index (χ4n) is 0.969. The van der Waals surface area contributed by atoms with Gasteiger partial charge in [0.2, 0.25) is 0 Å². The molecule has 1 aromatic carbocycles. The van der Waals surface area contributed by atoms with E-state index < -0.39 is 11.6 Å². The maximum Gasteiger partial charge on any atom is 0.139 e. The predicted molar refractivity (Wildman–Crippen MR) is 61.8 cm³/mol. The van der Waals surface area contributed by atoms with Crippen LogP contribution in [0, 0.1) is 11.6 Å². The number of thioether (sulfide) groups is 1. The smallest absolute Gasteiger partial charge is 0.139 e. The molecule has 0 amide bonds. The number of halogens is 2. The number of hydrogen-bond donors (Lipinski definition) is 1. The van der Waals surface area contributed by atoms with Crippen molar-refractivity contribution in [1.82, 2.24) is 0 Å². The standard InChI is InChI=1S/C10H12F2OS2/c11-8-1-2-10(9(12)7-8)15-6-4-13-3-5-14/h1-2,7,14H,3-6H2. The van der Waals surface area contributed by atoms with E-state index in [-0.39, 0.29) is 0 Å². The molecule has 0 aliphatic carbocycles. The quantitative estimate of drug-likeness (QED) is 0.472. The van der Waals surface area contributed by atoms with Crippen LogP contribution in [0.2, 0.25) is 0 Å². The summed E-state index contributed by atoms with van der Waals surface area (Å²) in [5.74, 6) is 0.253. The van der Waals surface area contributed by atoms with Gasteiger partial charge >= 0.3 is 0 Å². The van der Waals surface area contributed by atoms with Gasteiger partial charge in [0.05, 0.1) is 13.2 Å². The molecule has 0 aliphatic heterocycles. The van der Waals surface area contributed by atoms with Gasteiger partial charge in [0.1, 0.15) is 11.6 Å². The highest BCUT2D eigenvalue weighted by atomic mass is 32.2. The third kappa shape index (κ3) is 4.86. The fourth-order valence-corrected chi connectivity index (χ4v) is 1.88. The predicted octanol–water partition coefficient (Wildman–Crippen LogP) is 3.00. The lowest BCUT2D eigenvalue weighted by molar-refractivity contribution is 0.167.